The molecule has 3 nitrogen and oxygen atoms in total. The fourth-order valence-electron chi connectivity index (χ4n) is 2.46. The molecule has 3 aromatic rings. The van der Waals surface area contributed by atoms with E-state index in [0.717, 1.165) is 29.3 Å². The van der Waals surface area contributed by atoms with E-state index >= 15 is 0 Å². The molecule has 0 amide bonds. The third-order valence-corrected chi connectivity index (χ3v) is 3.63. The van der Waals surface area contributed by atoms with Crippen molar-refractivity contribution in [3.05, 3.63) is 65.7 Å². The lowest BCUT2D eigenvalue weighted by molar-refractivity contribution is -0.137. The molecule has 0 radical (unpaired) electrons. The molecular weight excluding hydrogens is 303 g/mol. The SMILES string of the molecule is Cc1ccc(C)n1-c1ccc(-c2ccc(C(F)(F)F)cn2)nc1. The minimum Gasteiger partial charge on any atom is -0.317 e. The second kappa shape index (κ2) is 5.53. The summed E-state index contributed by atoms with van der Waals surface area (Å²) in [6, 6.07) is 10.0. The van der Waals surface area contributed by atoms with Crippen LogP contribution in [0.5, 0.6) is 0 Å². The maximum atomic E-state index is 12.5. The summed E-state index contributed by atoms with van der Waals surface area (Å²) in [4.78, 5) is 8.17. The molecule has 0 aromatic carbocycles. The van der Waals surface area contributed by atoms with Gasteiger partial charge in [0.1, 0.15) is 0 Å². The first kappa shape index (κ1) is 15.3. The lowest BCUT2D eigenvalue weighted by atomic mass is 10.2. The average Bonchev–Trinajstić information content (AvgIpc) is 2.86. The predicted octanol–water partition coefficient (Wildman–Crippen LogP) is 4.57. The standard InChI is InChI=1S/C17H14F3N3/c1-11-3-4-12(2)23(11)14-6-8-16(22-10-14)15-7-5-13(9-21-15)17(18,19)20/h3-10H,1-2H3. The van der Waals surface area contributed by atoms with Gasteiger partial charge in [-0.15, -0.1) is 0 Å². The molecule has 0 saturated heterocycles. The maximum Gasteiger partial charge on any atom is 0.417 e. The van der Waals surface area contributed by atoms with Crippen molar-refractivity contribution < 1.29 is 13.2 Å². The van der Waals surface area contributed by atoms with Crippen LogP contribution < -0.4 is 0 Å². The molecular formula is C17H14F3N3. The summed E-state index contributed by atoms with van der Waals surface area (Å²) < 4.78 is 39.7. The van der Waals surface area contributed by atoms with Crippen molar-refractivity contribution in [3.63, 3.8) is 0 Å². The van der Waals surface area contributed by atoms with Gasteiger partial charge in [0.15, 0.2) is 0 Å². The highest BCUT2D eigenvalue weighted by Crippen LogP contribution is 2.29. The summed E-state index contributed by atoms with van der Waals surface area (Å²) in [5.74, 6) is 0. The Morgan fingerprint density at radius 1 is 0.783 bits per heavy atom. The smallest absolute Gasteiger partial charge is 0.317 e. The van der Waals surface area contributed by atoms with Crippen molar-refractivity contribution in [2.75, 3.05) is 0 Å². The molecule has 23 heavy (non-hydrogen) atoms. The molecule has 3 rings (SSSR count). The van der Waals surface area contributed by atoms with Gasteiger partial charge in [-0.3, -0.25) is 9.97 Å². The molecule has 0 fully saturated rings. The fraction of sp³-hybridized carbons (Fsp3) is 0.176. The molecule has 0 saturated carbocycles. The van der Waals surface area contributed by atoms with Crippen molar-refractivity contribution in [3.8, 4) is 17.1 Å². The molecule has 0 unspecified atom stereocenters. The molecule has 3 aromatic heterocycles. The number of pyridine rings is 2. The van der Waals surface area contributed by atoms with Gasteiger partial charge >= 0.3 is 6.18 Å². The molecule has 0 aliphatic carbocycles. The lowest BCUT2D eigenvalue weighted by Gasteiger charge is -2.10. The van der Waals surface area contributed by atoms with Crippen LogP contribution in [-0.2, 0) is 6.18 Å². The summed E-state index contributed by atoms with van der Waals surface area (Å²) in [7, 11) is 0. The van der Waals surface area contributed by atoms with Crippen LogP contribution in [0.4, 0.5) is 13.2 Å². The Balaban J connectivity index is 1.91. The van der Waals surface area contributed by atoms with Gasteiger partial charge in [0.2, 0.25) is 0 Å². The highest BCUT2D eigenvalue weighted by Gasteiger charge is 2.30. The van der Waals surface area contributed by atoms with Gasteiger partial charge in [-0.05, 0) is 50.2 Å². The van der Waals surface area contributed by atoms with Crippen LogP contribution in [0.25, 0.3) is 17.1 Å². The molecule has 118 valence electrons. The van der Waals surface area contributed by atoms with Crippen molar-refractivity contribution >= 4 is 0 Å². The van der Waals surface area contributed by atoms with Crippen LogP contribution >= 0.6 is 0 Å². The molecule has 0 spiro atoms. The Morgan fingerprint density at radius 3 is 1.78 bits per heavy atom. The quantitative estimate of drug-likeness (QED) is 0.693. The van der Waals surface area contributed by atoms with Crippen molar-refractivity contribution in [2.24, 2.45) is 0 Å². The van der Waals surface area contributed by atoms with Crippen molar-refractivity contribution in [2.45, 2.75) is 20.0 Å². The molecule has 0 aliphatic rings. The van der Waals surface area contributed by atoms with Gasteiger partial charge in [0.25, 0.3) is 0 Å². The third kappa shape index (κ3) is 2.97. The first-order chi connectivity index (χ1) is 10.9. The normalized spacial score (nSPS) is 11.7. The van der Waals surface area contributed by atoms with E-state index < -0.39 is 11.7 Å². The number of nitrogens with zero attached hydrogens (tertiary/aromatic N) is 3. The Labute approximate surface area is 131 Å². The van der Waals surface area contributed by atoms with Gasteiger partial charge in [-0.25, -0.2) is 0 Å². The topological polar surface area (TPSA) is 30.7 Å². The maximum absolute atomic E-state index is 12.5. The summed E-state index contributed by atoms with van der Waals surface area (Å²) >= 11 is 0. The zero-order chi connectivity index (χ0) is 16.6. The average molecular weight is 317 g/mol. The number of aromatic nitrogens is 3. The highest BCUT2D eigenvalue weighted by atomic mass is 19.4. The van der Waals surface area contributed by atoms with E-state index in [-0.39, 0.29) is 0 Å². The molecule has 6 heteroatoms. The second-order valence-corrected chi connectivity index (χ2v) is 5.28. The van der Waals surface area contributed by atoms with Crippen molar-refractivity contribution in [1.29, 1.82) is 0 Å². The van der Waals surface area contributed by atoms with Crippen LogP contribution in [-0.4, -0.2) is 14.5 Å². The Kier molecular flexibility index (Phi) is 3.67. The lowest BCUT2D eigenvalue weighted by Crippen LogP contribution is -2.05. The van der Waals surface area contributed by atoms with Gasteiger partial charge in [-0.2, -0.15) is 13.2 Å². The predicted molar refractivity (Wildman–Crippen MR) is 81.3 cm³/mol. The van der Waals surface area contributed by atoms with E-state index in [1.165, 1.54) is 6.07 Å². The monoisotopic (exact) mass is 317 g/mol. The van der Waals surface area contributed by atoms with Gasteiger partial charge in [0.05, 0.1) is 28.8 Å². The van der Waals surface area contributed by atoms with E-state index in [0.29, 0.717) is 11.4 Å². The summed E-state index contributed by atoms with van der Waals surface area (Å²) in [5, 5.41) is 0. The number of alkyl halides is 3. The number of aryl methyl sites for hydroxylation is 2. The van der Waals surface area contributed by atoms with Crippen LogP contribution in [0.2, 0.25) is 0 Å². The number of halogens is 3. The number of hydrogen-bond acceptors (Lipinski definition) is 2. The second-order valence-electron chi connectivity index (χ2n) is 5.28. The van der Waals surface area contributed by atoms with E-state index in [4.69, 9.17) is 0 Å². The fourth-order valence-corrected chi connectivity index (χ4v) is 2.46. The molecule has 3 heterocycles. The van der Waals surface area contributed by atoms with Crippen LogP contribution in [0, 0.1) is 13.8 Å². The van der Waals surface area contributed by atoms with Crippen LogP contribution in [0.15, 0.2) is 48.8 Å². The third-order valence-electron chi connectivity index (χ3n) is 3.63. The number of rotatable bonds is 2. The van der Waals surface area contributed by atoms with E-state index in [1.807, 2.05) is 32.0 Å². The van der Waals surface area contributed by atoms with Crippen LogP contribution in [0.1, 0.15) is 17.0 Å². The van der Waals surface area contributed by atoms with Gasteiger partial charge in [-0.1, -0.05) is 0 Å². The van der Waals surface area contributed by atoms with E-state index in [1.54, 1.807) is 12.3 Å². The minimum absolute atomic E-state index is 0.408. The largest absolute Gasteiger partial charge is 0.417 e. The Hall–Kier alpha value is -2.63. The van der Waals surface area contributed by atoms with E-state index in [2.05, 4.69) is 14.5 Å². The number of hydrogen-bond donors (Lipinski definition) is 0. The first-order valence-electron chi connectivity index (χ1n) is 7.01. The van der Waals surface area contributed by atoms with Crippen molar-refractivity contribution in [1.82, 2.24) is 14.5 Å². The van der Waals surface area contributed by atoms with Crippen LogP contribution in [0.3, 0.4) is 0 Å². The zero-order valence-electron chi connectivity index (χ0n) is 12.6. The van der Waals surface area contributed by atoms with E-state index in [9.17, 15) is 13.2 Å². The van der Waals surface area contributed by atoms with Gasteiger partial charge in [0, 0.05) is 17.6 Å². The highest BCUT2D eigenvalue weighted by molar-refractivity contribution is 5.55. The molecule has 0 bridgehead atoms. The Morgan fingerprint density at radius 2 is 1.35 bits per heavy atom. The van der Waals surface area contributed by atoms with Gasteiger partial charge < -0.3 is 4.57 Å². The first-order valence-corrected chi connectivity index (χ1v) is 7.01. The summed E-state index contributed by atoms with van der Waals surface area (Å²) in [6.07, 6.45) is -1.87. The molecule has 0 N–H and O–H groups in total. The zero-order valence-corrected chi connectivity index (χ0v) is 12.6. The molecule has 0 atom stereocenters. The molecule has 0 aliphatic heterocycles. The summed E-state index contributed by atoms with van der Waals surface area (Å²) in [6.45, 7) is 4.00. The Bertz CT molecular complexity index is 796. The summed E-state index contributed by atoms with van der Waals surface area (Å²) in [5.41, 5.74) is 3.25. The minimum atomic E-state index is -4.38.